The monoisotopic (exact) mass is 328 g/mol. The highest BCUT2D eigenvalue weighted by atomic mass is 32.2. The minimum absolute atomic E-state index is 0.0473. The van der Waals surface area contributed by atoms with Crippen LogP contribution in [0.25, 0.3) is 0 Å². The van der Waals surface area contributed by atoms with Crippen molar-refractivity contribution in [2.75, 3.05) is 11.9 Å². The highest BCUT2D eigenvalue weighted by Crippen LogP contribution is 2.41. The van der Waals surface area contributed by atoms with Crippen LogP contribution in [0.2, 0.25) is 0 Å². The van der Waals surface area contributed by atoms with Gasteiger partial charge in [0.2, 0.25) is 10.0 Å². The van der Waals surface area contributed by atoms with Gasteiger partial charge in [-0.15, -0.1) is 0 Å². The summed E-state index contributed by atoms with van der Waals surface area (Å²) >= 11 is 0. The third kappa shape index (κ3) is 2.64. The predicted molar refractivity (Wildman–Crippen MR) is 91.3 cm³/mol. The number of hydrogen-bond donors (Lipinski definition) is 2. The fourth-order valence-corrected chi connectivity index (χ4v) is 5.00. The van der Waals surface area contributed by atoms with Crippen molar-refractivity contribution >= 4 is 15.7 Å². The molecule has 4 nitrogen and oxygen atoms in total. The summed E-state index contributed by atoms with van der Waals surface area (Å²) in [7, 11) is -3.46. The van der Waals surface area contributed by atoms with Crippen LogP contribution < -0.4 is 10.0 Å². The molecule has 0 saturated carbocycles. The second-order valence-corrected chi connectivity index (χ2v) is 8.24. The standard InChI is InChI=1S/C18H20N2O2S/c1-12-5-7-16(8-6-12)23(21,22)20-15-9-13-3-2-4-17-18(13)14(10-15)11-19-17/h2-8,14-15,19-20H,9-11H2,1H3. The molecule has 2 aliphatic rings. The van der Waals surface area contributed by atoms with Gasteiger partial charge in [-0.1, -0.05) is 29.8 Å². The lowest BCUT2D eigenvalue weighted by atomic mass is 9.82. The molecule has 0 bridgehead atoms. The summed E-state index contributed by atoms with van der Waals surface area (Å²) < 4.78 is 28.1. The van der Waals surface area contributed by atoms with Crippen molar-refractivity contribution in [2.24, 2.45) is 0 Å². The summed E-state index contributed by atoms with van der Waals surface area (Å²) in [6.45, 7) is 2.85. The van der Waals surface area contributed by atoms with Crippen molar-refractivity contribution in [3.05, 3.63) is 59.2 Å². The fourth-order valence-electron chi connectivity index (χ4n) is 3.75. The molecule has 0 saturated heterocycles. The van der Waals surface area contributed by atoms with E-state index in [9.17, 15) is 8.42 Å². The Morgan fingerprint density at radius 3 is 2.70 bits per heavy atom. The van der Waals surface area contributed by atoms with Crippen LogP contribution in [0.1, 0.15) is 29.0 Å². The van der Waals surface area contributed by atoms with Crippen molar-refractivity contribution in [2.45, 2.75) is 36.6 Å². The minimum Gasteiger partial charge on any atom is -0.384 e. The van der Waals surface area contributed by atoms with E-state index in [1.54, 1.807) is 12.1 Å². The molecule has 4 rings (SSSR count). The third-order valence-electron chi connectivity index (χ3n) is 4.83. The molecule has 2 aromatic rings. The van der Waals surface area contributed by atoms with Crippen molar-refractivity contribution in [3.8, 4) is 0 Å². The first-order valence-corrected chi connectivity index (χ1v) is 9.46. The highest BCUT2D eigenvalue weighted by molar-refractivity contribution is 7.89. The number of sulfonamides is 1. The maximum absolute atomic E-state index is 12.6. The van der Waals surface area contributed by atoms with E-state index in [4.69, 9.17) is 0 Å². The highest BCUT2D eigenvalue weighted by Gasteiger charge is 2.34. The Balaban J connectivity index is 1.58. The van der Waals surface area contributed by atoms with Crippen molar-refractivity contribution in [1.82, 2.24) is 4.72 Å². The Bertz CT molecular complexity index is 844. The molecule has 1 aliphatic heterocycles. The Morgan fingerprint density at radius 2 is 1.91 bits per heavy atom. The number of nitrogens with one attached hydrogen (secondary N) is 2. The number of anilines is 1. The number of aryl methyl sites for hydroxylation is 1. The molecule has 0 radical (unpaired) electrons. The van der Waals surface area contributed by atoms with Gasteiger partial charge in [-0.05, 0) is 49.1 Å². The van der Waals surface area contributed by atoms with Crippen LogP contribution in [-0.2, 0) is 16.4 Å². The van der Waals surface area contributed by atoms with E-state index in [2.05, 4.69) is 22.2 Å². The Kier molecular flexibility index (Phi) is 3.43. The second-order valence-electron chi connectivity index (χ2n) is 6.53. The number of benzene rings is 2. The fraction of sp³-hybridized carbons (Fsp3) is 0.333. The van der Waals surface area contributed by atoms with Gasteiger partial charge in [0.1, 0.15) is 0 Å². The molecule has 5 heteroatoms. The van der Waals surface area contributed by atoms with Crippen LogP contribution in [0.15, 0.2) is 47.4 Å². The van der Waals surface area contributed by atoms with E-state index in [0.29, 0.717) is 10.8 Å². The maximum Gasteiger partial charge on any atom is 0.240 e. The maximum atomic E-state index is 12.6. The van der Waals surface area contributed by atoms with E-state index in [-0.39, 0.29) is 6.04 Å². The van der Waals surface area contributed by atoms with E-state index >= 15 is 0 Å². The average molecular weight is 328 g/mol. The zero-order chi connectivity index (χ0) is 16.0. The molecule has 120 valence electrons. The van der Waals surface area contributed by atoms with Gasteiger partial charge in [-0.3, -0.25) is 0 Å². The summed E-state index contributed by atoms with van der Waals surface area (Å²) in [6.07, 6.45) is 1.61. The first-order chi connectivity index (χ1) is 11.0. The smallest absolute Gasteiger partial charge is 0.240 e. The Hall–Kier alpha value is -1.85. The van der Waals surface area contributed by atoms with Gasteiger partial charge in [0.25, 0.3) is 0 Å². The largest absolute Gasteiger partial charge is 0.384 e. The van der Waals surface area contributed by atoms with Crippen LogP contribution in [0, 0.1) is 6.92 Å². The van der Waals surface area contributed by atoms with Gasteiger partial charge in [-0.25, -0.2) is 13.1 Å². The van der Waals surface area contributed by atoms with Gasteiger partial charge in [0, 0.05) is 24.2 Å². The first kappa shape index (κ1) is 14.7. The summed E-state index contributed by atoms with van der Waals surface area (Å²) in [5.41, 5.74) is 4.92. The first-order valence-electron chi connectivity index (χ1n) is 7.97. The van der Waals surface area contributed by atoms with Crippen molar-refractivity contribution in [3.63, 3.8) is 0 Å². The molecule has 0 aromatic heterocycles. The average Bonchev–Trinajstić information content (AvgIpc) is 2.92. The third-order valence-corrected chi connectivity index (χ3v) is 6.37. The molecule has 2 aromatic carbocycles. The molecule has 0 fully saturated rings. The van der Waals surface area contributed by atoms with E-state index in [1.807, 2.05) is 25.1 Å². The van der Waals surface area contributed by atoms with Gasteiger partial charge < -0.3 is 5.32 Å². The molecule has 1 aliphatic carbocycles. The molecule has 2 atom stereocenters. The molecule has 23 heavy (non-hydrogen) atoms. The van der Waals surface area contributed by atoms with E-state index < -0.39 is 10.0 Å². The summed E-state index contributed by atoms with van der Waals surface area (Å²) in [5, 5.41) is 3.43. The minimum atomic E-state index is -3.46. The zero-order valence-electron chi connectivity index (χ0n) is 13.0. The quantitative estimate of drug-likeness (QED) is 0.911. The van der Waals surface area contributed by atoms with Crippen LogP contribution in [0.5, 0.6) is 0 Å². The summed E-state index contributed by atoms with van der Waals surface area (Å²) in [5.74, 6) is 0.403. The van der Waals surface area contributed by atoms with Crippen LogP contribution >= 0.6 is 0 Å². The van der Waals surface area contributed by atoms with Crippen molar-refractivity contribution in [1.29, 1.82) is 0 Å². The molecule has 2 N–H and O–H groups in total. The lowest BCUT2D eigenvalue weighted by Crippen LogP contribution is -2.39. The lowest BCUT2D eigenvalue weighted by molar-refractivity contribution is 0.471. The van der Waals surface area contributed by atoms with Crippen molar-refractivity contribution < 1.29 is 8.42 Å². The Morgan fingerprint density at radius 1 is 1.13 bits per heavy atom. The van der Waals surface area contributed by atoms with E-state index in [1.165, 1.54) is 16.8 Å². The number of rotatable bonds is 3. The summed E-state index contributed by atoms with van der Waals surface area (Å²) in [6, 6.07) is 13.2. The number of hydrogen-bond acceptors (Lipinski definition) is 3. The van der Waals surface area contributed by atoms with Crippen LogP contribution in [0.4, 0.5) is 5.69 Å². The summed E-state index contributed by atoms with van der Waals surface area (Å²) in [4.78, 5) is 0.340. The SMILES string of the molecule is Cc1ccc(S(=O)(=O)NC2Cc3cccc4c3C(CN4)C2)cc1. The lowest BCUT2D eigenvalue weighted by Gasteiger charge is -2.29. The molecule has 2 unspecified atom stereocenters. The van der Waals surface area contributed by atoms with Crippen LogP contribution in [-0.4, -0.2) is 21.0 Å². The molecular formula is C18H20N2O2S. The second kappa shape index (κ2) is 5.35. The zero-order valence-corrected chi connectivity index (χ0v) is 13.9. The molecule has 1 heterocycles. The molecule has 0 spiro atoms. The van der Waals surface area contributed by atoms with Crippen LogP contribution in [0.3, 0.4) is 0 Å². The van der Waals surface area contributed by atoms with Gasteiger partial charge in [-0.2, -0.15) is 0 Å². The predicted octanol–water partition coefficient (Wildman–Crippen LogP) is 2.80. The normalized spacial score (nSPS) is 22.5. The van der Waals surface area contributed by atoms with E-state index in [0.717, 1.165) is 24.9 Å². The topological polar surface area (TPSA) is 58.2 Å². The molecular weight excluding hydrogens is 308 g/mol. The van der Waals surface area contributed by atoms with Gasteiger partial charge >= 0.3 is 0 Å². The van der Waals surface area contributed by atoms with Gasteiger partial charge in [0.05, 0.1) is 4.90 Å². The Labute approximate surface area is 137 Å². The molecule has 0 amide bonds. The van der Waals surface area contributed by atoms with Gasteiger partial charge in [0.15, 0.2) is 0 Å².